The summed E-state index contributed by atoms with van der Waals surface area (Å²) >= 11 is 0. The fraction of sp³-hybridized carbons (Fsp3) is 0.474. The normalized spacial score (nSPS) is 21.9. The average Bonchev–Trinajstić information content (AvgIpc) is 3.84. The van der Waals surface area contributed by atoms with Crippen molar-refractivity contribution in [3.8, 4) is 5.75 Å². The minimum Gasteiger partial charge on any atom is -0.494 e. The van der Waals surface area contributed by atoms with Crippen molar-refractivity contribution in [1.82, 2.24) is 29.3 Å². The van der Waals surface area contributed by atoms with Gasteiger partial charge in [-0.3, -0.25) is 28.8 Å². The zero-order valence-electron chi connectivity index (χ0n) is 29.6. The van der Waals surface area contributed by atoms with Crippen molar-refractivity contribution in [2.75, 3.05) is 32.1 Å². The Morgan fingerprint density at radius 2 is 1.81 bits per heavy atom. The molecule has 1 unspecified atom stereocenters. The average molecular weight is 710 g/mol. The number of amides is 3. The number of nitrogens with one attached hydrogen (secondary N) is 2. The van der Waals surface area contributed by atoms with Crippen LogP contribution < -0.4 is 21.1 Å². The van der Waals surface area contributed by atoms with Crippen LogP contribution in [0.3, 0.4) is 0 Å². The van der Waals surface area contributed by atoms with Crippen molar-refractivity contribution < 1.29 is 28.0 Å². The number of benzene rings is 2. The molecular weight excluding hydrogens is 666 g/mol. The van der Waals surface area contributed by atoms with Crippen LogP contribution in [0.5, 0.6) is 5.75 Å². The van der Waals surface area contributed by atoms with E-state index in [0.29, 0.717) is 46.7 Å². The standard InChI is InChI=1S/C38H43N7O7/c1-21-39-28(20-51-21)35(47)40-26-18-32-27(17-31(26)50-3)41-37(52-32)24-9-7-22(8-10-24)19-44-15-13-23(14-16-44)25-5-4-6-29-34(25)43(2)38(49)45(29)30-11-12-33(46)42-36(30)48/h4-6,17-18,20,22-24,30H,7-16,19H2,1-3H3,(H,40,47)(H,42,46,48). The van der Waals surface area contributed by atoms with Gasteiger partial charge in [0, 0.05) is 45.0 Å². The van der Waals surface area contributed by atoms with Gasteiger partial charge in [0.1, 0.15) is 23.6 Å². The van der Waals surface area contributed by atoms with E-state index in [9.17, 15) is 19.2 Å². The SMILES string of the molecule is COc1cc2nc(C3CCC(CN4CCC(c5cccc6c5n(C)c(=O)n6C5CCC(=O)NC5=O)CC4)CC3)oc2cc1NC(=O)c1coc(C)n1. The summed E-state index contributed by atoms with van der Waals surface area (Å²) in [4.78, 5) is 62.1. The van der Waals surface area contributed by atoms with Gasteiger partial charge in [-0.15, -0.1) is 0 Å². The first-order chi connectivity index (χ1) is 25.2. The number of piperidine rings is 2. The van der Waals surface area contributed by atoms with E-state index < -0.39 is 17.9 Å². The summed E-state index contributed by atoms with van der Waals surface area (Å²) in [5, 5.41) is 5.24. The van der Waals surface area contributed by atoms with Gasteiger partial charge in [0.15, 0.2) is 23.1 Å². The van der Waals surface area contributed by atoms with E-state index in [1.165, 1.54) is 6.26 Å². The van der Waals surface area contributed by atoms with Crippen molar-refractivity contribution in [2.24, 2.45) is 13.0 Å². The number of likely N-dealkylation sites (tertiary alicyclic amines) is 1. The summed E-state index contributed by atoms with van der Waals surface area (Å²) in [5.41, 5.74) is 4.50. The van der Waals surface area contributed by atoms with Crippen LogP contribution in [-0.2, 0) is 16.6 Å². The van der Waals surface area contributed by atoms with E-state index in [4.69, 9.17) is 18.6 Å². The Labute approximate surface area is 299 Å². The third kappa shape index (κ3) is 6.29. The van der Waals surface area contributed by atoms with Crippen molar-refractivity contribution >= 4 is 45.5 Å². The number of ether oxygens (including phenoxy) is 1. The maximum atomic E-state index is 13.4. The monoisotopic (exact) mass is 709 g/mol. The lowest BCUT2D eigenvalue weighted by Gasteiger charge is -2.36. The molecule has 3 fully saturated rings. The number of carbonyl (C=O) groups excluding carboxylic acids is 3. The highest BCUT2D eigenvalue weighted by Crippen LogP contribution is 2.40. The van der Waals surface area contributed by atoms with Crippen molar-refractivity contribution in [1.29, 1.82) is 0 Å². The topological polar surface area (TPSA) is 167 Å². The van der Waals surface area contributed by atoms with Gasteiger partial charge in [-0.1, -0.05) is 12.1 Å². The van der Waals surface area contributed by atoms with Crippen LogP contribution in [0.4, 0.5) is 5.69 Å². The molecule has 3 aromatic heterocycles. The Morgan fingerprint density at radius 3 is 2.52 bits per heavy atom. The predicted molar refractivity (Wildman–Crippen MR) is 191 cm³/mol. The molecule has 5 heterocycles. The number of carbonyl (C=O) groups is 3. The number of aromatic nitrogens is 4. The number of aryl methyl sites for hydroxylation is 2. The number of nitrogens with zero attached hydrogens (tertiary/aromatic N) is 5. The second-order valence-electron chi connectivity index (χ2n) is 14.5. The lowest BCUT2D eigenvalue weighted by atomic mass is 9.81. The van der Waals surface area contributed by atoms with Crippen LogP contribution in [0.15, 0.2) is 50.2 Å². The largest absolute Gasteiger partial charge is 0.494 e. The molecule has 0 spiro atoms. The molecule has 8 rings (SSSR count). The molecule has 2 N–H and O–H groups in total. The lowest BCUT2D eigenvalue weighted by molar-refractivity contribution is -0.135. The molecule has 1 aliphatic carbocycles. The highest BCUT2D eigenvalue weighted by molar-refractivity contribution is 6.04. The molecule has 0 bridgehead atoms. The van der Waals surface area contributed by atoms with Gasteiger partial charge in [0.05, 0.1) is 23.8 Å². The molecule has 1 atom stereocenters. The summed E-state index contributed by atoms with van der Waals surface area (Å²) in [5.74, 6) is 1.67. The minimum atomic E-state index is -0.685. The molecule has 0 radical (unpaired) electrons. The van der Waals surface area contributed by atoms with Crippen molar-refractivity contribution in [3.63, 3.8) is 0 Å². The Morgan fingerprint density at radius 1 is 1.02 bits per heavy atom. The number of imide groups is 1. The van der Waals surface area contributed by atoms with Gasteiger partial charge < -0.3 is 23.8 Å². The van der Waals surface area contributed by atoms with E-state index in [2.05, 4.69) is 26.6 Å². The number of fused-ring (bicyclic) bond motifs is 2. The Kier molecular flexibility index (Phi) is 8.94. The van der Waals surface area contributed by atoms with Crippen LogP contribution in [0.25, 0.3) is 22.1 Å². The zero-order chi connectivity index (χ0) is 36.1. The van der Waals surface area contributed by atoms with E-state index in [1.54, 1.807) is 42.3 Å². The first kappa shape index (κ1) is 33.9. The number of imidazole rings is 1. The third-order valence-corrected chi connectivity index (χ3v) is 11.2. The molecule has 2 saturated heterocycles. The van der Waals surface area contributed by atoms with E-state index in [0.717, 1.165) is 80.6 Å². The molecular formula is C38H43N7O7. The second kappa shape index (κ2) is 13.7. The molecule has 2 aromatic carbocycles. The van der Waals surface area contributed by atoms with Gasteiger partial charge in [0.2, 0.25) is 11.8 Å². The van der Waals surface area contributed by atoms with Crippen LogP contribution in [0.2, 0.25) is 0 Å². The van der Waals surface area contributed by atoms with Gasteiger partial charge >= 0.3 is 5.69 Å². The van der Waals surface area contributed by atoms with Crippen LogP contribution in [0, 0.1) is 12.8 Å². The van der Waals surface area contributed by atoms with Gasteiger partial charge in [0.25, 0.3) is 5.91 Å². The Balaban J connectivity index is 0.880. The molecule has 3 aliphatic rings. The van der Waals surface area contributed by atoms with Gasteiger partial charge in [-0.25, -0.2) is 14.8 Å². The molecule has 5 aromatic rings. The smallest absolute Gasteiger partial charge is 0.329 e. The summed E-state index contributed by atoms with van der Waals surface area (Å²) in [6, 6.07) is 8.86. The number of rotatable bonds is 8. The molecule has 1 saturated carbocycles. The van der Waals surface area contributed by atoms with E-state index in [-0.39, 0.29) is 29.6 Å². The quantitative estimate of drug-likeness (QED) is 0.205. The highest BCUT2D eigenvalue weighted by atomic mass is 16.5. The maximum absolute atomic E-state index is 13.4. The zero-order valence-corrected chi connectivity index (χ0v) is 29.6. The van der Waals surface area contributed by atoms with Crippen molar-refractivity contribution in [2.45, 2.75) is 76.2 Å². The van der Waals surface area contributed by atoms with E-state index in [1.807, 2.05) is 12.1 Å². The van der Waals surface area contributed by atoms with Crippen LogP contribution in [-0.4, -0.2) is 68.5 Å². The molecule has 3 amide bonds. The first-order valence-corrected chi connectivity index (χ1v) is 18.1. The Bertz CT molecular complexity index is 2230. The summed E-state index contributed by atoms with van der Waals surface area (Å²) in [6.45, 7) is 4.72. The first-order valence-electron chi connectivity index (χ1n) is 18.1. The molecule has 52 heavy (non-hydrogen) atoms. The number of hydrogen-bond donors (Lipinski definition) is 2. The number of methoxy groups -OCH3 is 1. The second-order valence-corrected chi connectivity index (χ2v) is 14.5. The molecule has 272 valence electrons. The summed E-state index contributed by atoms with van der Waals surface area (Å²) < 4.78 is 20.2. The van der Waals surface area contributed by atoms with Crippen molar-refractivity contribution in [3.05, 3.63) is 70.1 Å². The van der Waals surface area contributed by atoms with Gasteiger partial charge in [-0.2, -0.15) is 0 Å². The fourth-order valence-electron chi connectivity index (χ4n) is 8.48. The number of hydrogen-bond acceptors (Lipinski definition) is 10. The highest BCUT2D eigenvalue weighted by Gasteiger charge is 2.33. The van der Waals surface area contributed by atoms with Crippen LogP contribution in [0.1, 0.15) is 97.1 Å². The minimum absolute atomic E-state index is 0.184. The molecule has 2 aliphatic heterocycles. The molecule has 14 heteroatoms. The maximum Gasteiger partial charge on any atom is 0.329 e. The summed E-state index contributed by atoms with van der Waals surface area (Å²) in [7, 11) is 3.33. The Hall–Kier alpha value is -5.24. The summed E-state index contributed by atoms with van der Waals surface area (Å²) in [6.07, 6.45) is 8.06. The van der Waals surface area contributed by atoms with Crippen LogP contribution >= 0.6 is 0 Å². The predicted octanol–water partition coefficient (Wildman–Crippen LogP) is 5.17. The number of para-hydroxylation sites is 1. The fourth-order valence-corrected chi connectivity index (χ4v) is 8.48. The lowest BCUT2D eigenvalue weighted by Crippen LogP contribution is -2.44. The molecule has 14 nitrogen and oxygen atoms in total. The number of anilines is 1. The number of oxazole rings is 2. The van der Waals surface area contributed by atoms with E-state index >= 15 is 0 Å². The van der Waals surface area contributed by atoms with Gasteiger partial charge in [-0.05, 0) is 81.5 Å². The third-order valence-electron chi connectivity index (χ3n) is 11.2.